The largest absolute Gasteiger partial charge is 0.354 e. The highest BCUT2D eigenvalue weighted by molar-refractivity contribution is 5.77. The molecule has 1 saturated carbocycles. The summed E-state index contributed by atoms with van der Waals surface area (Å²) in [6.45, 7) is 1.55. The molecular formula is C16H24N4O. The van der Waals surface area contributed by atoms with Crippen LogP contribution in [-0.2, 0) is 4.79 Å². The van der Waals surface area contributed by atoms with Gasteiger partial charge in [-0.25, -0.2) is 9.97 Å². The fourth-order valence-electron chi connectivity index (χ4n) is 3.75. The molecule has 5 heteroatoms. The van der Waals surface area contributed by atoms with Gasteiger partial charge in [-0.05, 0) is 37.7 Å². The Morgan fingerprint density at radius 2 is 1.95 bits per heavy atom. The summed E-state index contributed by atoms with van der Waals surface area (Å²) in [6.07, 6.45) is 11.6. The number of anilines is 1. The highest BCUT2D eigenvalue weighted by Crippen LogP contribution is 2.35. The third kappa shape index (κ3) is 3.52. The van der Waals surface area contributed by atoms with Gasteiger partial charge in [0, 0.05) is 37.9 Å². The van der Waals surface area contributed by atoms with E-state index in [0.717, 1.165) is 12.5 Å². The first kappa shape index (κ1) is 14.3. The molecule has 0 unspecified atom stereocenters. The number of likely N-dealkylation sites (tertiary alicyclic amines) is 1. The van der Waals surface area contributed by atoms with Gasteiger partial charge in [-0.15, -0.1) is 0 Å². The molecule has 1 N–H and O–H groups in total. The molecule has 0 aromatic carbocycles. The highest BCUT2D eigenvalue weighted by atomic mass is 16.2. The number of hydrogen-bond donors (Lipinski definition) is 1. The zero-order chi connectivity index (χ0) is 14.5. The monoisotopic (exact) mass is 288 g/mol. The molecule has 3 rings (SSSR count). The van der Waals surface area contributed by atoms with Crippen molar-refractivity contribution >= 4 is 11.9 Å². The summed E-state index contributed by atoms with van der Waals surface area (Å²) in [4.78, 5) is 22.8. The number of hydrogen-bond acceptors (Lipinski definition) is 4. The average molecular weight is 288 g/mol. The molecule has 1 aliphatic carbocycles. The van der Waals surface area contributed by atoms with Crippen molar-refractivity contribution in [2.45, 2.75) is 51.0 Å². The van der Waals surface area contributed by atoms with Gasteiger partial charge in [-0.3, -0.25) is 4.79 Å². The van der Waals surface area contributed by atoms with Gasteiger partial charge in [0.2, 0.25) is 11.9 Å². The van der Waals surface area contributed by atoms with Crippen molar-refractivity contribution in [3.63, 3.8) is 0 Å². The minimum Gasteiger partial charge on any atom is -0.354 e. The van der Waals surface area contributed by atoms with E-state index in [0.29, 0.717) is 25.0 Å². The first-order valence-corrected chi connectivity index (χ1v) is 8.15. The van der Waals surface area contributed by atoms with Crippen molar-refractivity contribution in [3.05, 3.63) is 18.5 Å². The Kier molecular flexibility index (Phi) is 4.68. The Labute approximate surface area is 126 Å². The standard InChI is InChI=1S/C16H24N4O/c21-15(8-11-19-16-17-9-4-10-18-16)20-12-3-7-14(20)13-5-1-2-6-13/h4,9-10,13-14H,1-3,5-8,11-12H2,(H,17,18,19)/t14-/m0/s1. The number of nitrogens with one attached hydrogen (secondary N) is 1. The van der Waals surface area contributed by atoms with E-state index < -0.39 is 0 Å². The van der Waals surface area contributed by atoms with E-state index in [9.17, 15) is 4.79 Å². The fraction of sp³-hybridized carbons (Fsp3) is 0.688. The molecular weight excluding hydrogens is 264 g/mol. The molecule has 21 heavy (non-hydrogen) atoms. The number of carbonyl (C=O) groups is 1. The second-order valence-corrected chi connectivity index (χ2v) is 6.09. The Morgan fingerprint density at radius 1 is 1.19 bits per heavy atom. The maximum atomic E-state index is 12.4. The molecule has 114 valence electrons. The highest BCUT2D eigenvalue weighted by Gasteiger charge is 2.35. The van der Waals surface area contributed by atoms with Gasteiger partial charge in [0.25, 0.3) is 0 Å². The van der Waals surface area contributed by atoms with Crippen LogP contribution in [0.1, 0.15) is 44.9 Å². The van der Waals surface area contributed by atoms with Crippen LogP contribution in [0.15, 0.2) is 18.5 Å². The molecule has 1 amide bonds. The molecule has 1 aromatic heterocycles. The lowest BCUT2D eigenvalue weighted by atomic mass is 9.96. The zero-order valence-corrected chi connectivity index (χ0v) is 12.5. The fourth-order valence-corrected chi connectivity index (χ4v) is 3.75. The minimum absolute atomic E-state index is 0.285. The lowest BCUT2D eigenvalue weighted by Gasteiger charge is -2.29. The van der Waals surface area contributed by atoms with Crippen LogP contribution in [0.4, 0.5) is 5.95 Å². The molecule has 2 fully saturated rings. The van der Waals surface area contributed by atoms with Gasteiger partial charge < -0.3 is 10.2 Å². The quantitative estimate of drug-likeness (QED) is 0.904. The summed E-state index contributed by atoms with van der Waals surface area (Å²) in [5.41, 5.74) is 0. The molecule has 1 atom stereocenters. The Bertz CT molecular complexity index is 459. The Morgan fingerprint density at radius 3 is 2.71 bits per heavy atom. The van der Waals surface area contributed by atoms with E-state index in [1.165, 1.54) is 38.5 Å². The second-order valence-electron chi connectivity index (χ2n) is 6.09. The lowest BCUT2D eigenvalue weighted by molar-refractivity contribution is -0.132. The topological polar surface area (TPSA) is 58.1 Å². The molecule has 1 saturated heterocycles. The molecule has 2 heterocycles. The van der Waals surface area contributed by atoms with E-state index in [-0.39, 0.29) is 5.91 Å². The van der Waals surface area contributed by atoms with Crippen LogP contribution in [0, 0.1) is 5.92 Å². The first-order valence-electron chi connectivity index (χ1n) is 8.15. The molecule has 5 nitrogen and oxygen atoms in total. The van der Waals surface area contributed by atoms with Crippen LogP contribution in [0.25, 0.3) is 0 Å². The van der Waals surface area contributed by atoms with Crippen LogP contribution in [-0.4, -0.2) is 39.9 Å². The van der Waals surface area contributed by atoms with Crippen molar-refractivity contribution in [2.75, 3.05) is 18.4 Å². The normalized spacial score (nSPS) is 22.7. The van der Waals surface area contributed by atoms with Crippen LogP contribution in [0.2, 0.25) is 0 Å². The second kappa shape index (κ2) is 6.87. The van der Waals surface area contributed by atoms with Gasteiger partial charge >= 0.3 is 0 Å². The van der Waals surface area contributed by atoms with Crippen molar-refractivity contribution in [2.24, 2.45) is 5.92 Å². The molecule has 0 spiro atoms. The Hall–Kier alpha value is -1.65. The summed E-state index contributed by atoms with van der Waals surface area (Å²) in [5.74, 6) is 1.63. The van der Waals surface area contributed by atoms with Gasteiger partial charge in [0.05, 0.1) is 0 Å². The van der Waals surface area contributed by atoms with E-state index in [4.69, 9.17) is 0 Å². The maximum Gasteiger partial charge on any atom is 0.224 e. The lowest BCUT2D eigenvalue weighted by Crippen LogP contribution is -2.40. The van der Waals surface area contributed by atoms with Crippen molar-refractivity contribution in [1.29, 1.82) is 0 Å². The van der Waals surface area contributed by atoms with Crippen LogP contribution >= 0.6 is 0 Å². The molecule has 1 aromatic rings. The van der Waals surface area contributed by atoms with E-state index in [1.54, 1.807) is 18.5 Å². The predicted octanol–water partition coefficient (Wildman–Crippen LogP) is 2.46. The molecule has 2 aliphatic rings. The van der Waals surface area contributed by atoms with Gasteiger partial charge in [-0.1, -0.05) is 12.8 Å². The van der Waals surface area contributed by atoms with E-state index in [2.05, 4.69) is 20.2 Å². The van der Waals surface area contributed by atoms with Crippen molar-refractivity contribution < 1.29 is 4.79 Å². The molecule has 1 aliphatic heterocycles. The van der Waals surface area contributed by atoms with Crippen molar-refractivity contribution in [1.82, 2.24) is 14.9 Å². The SMILES string of the molecule is O=C(CCNc1ncccn1)N1CCC[C@H]1C1CCCC1. The zero-order valence-electron chi connectivity index (χ0n) is 12.5. The smallest absolute Gasteiger partial charge is 0.224 e. The first-order chi connectivity index (χ1) is 10.3. The van der Waals surface area contributed by atoms with Crippen LogP contribution < -0.4 is 5.32 Å². The van der Waals surface area contributed by atoms with E-state index in [1.807, 2.05) is 0 Å². The number of amides is 1. The number of carbonyl (C=O) groups excluding carboxylic acids is 1. The summed E-state index contributed by atoms with van der Waals surface area (Å²) >= 11 is 0. The van der Waals surface area contributed by atoms with Crippen LogP contribution in [0.3, 0.4) is 0 Å². The molecule has 0 bridgehead atoms. The third-order valence-electron chi connectivity index (χ3n) is 4.75. The van der Waals surface area contributed by atoms with Gasteiger partial charge in [0.15, 0.2) is 0 Å². The maximum absolute atomic E-state index is 12.4. The molecule has 0 radical (unpaired) electrons. The summed E-state index contributed by atoms with van der Waals surface area (Å²) in [6, 6.07) is 2.29. The number of nitrogens with zero attached hydrogens (tertiary/aromatic N) is 3. The summed E-state index contributed by atoms with van der Waals surface area (Å²) in [5, 5.41) is 3.11. The van der Waals surface area contributed by atoms with Crippen LogP contribution in [0.5, 0.6) is 0 Å². The van der Waals surface area contributed by atoms with E-state index >= 15 is 0 Å². The predicted molar refractivity (Wildman–Crippen MR) is 81.8 cm³/mol. The number of rotatable bonds is 5. The number of aromatic nitrogens is 2. The summed E-state index contributed by atoms with van der Waals surface area (Å²) in [7, 11) is 0. The minimum atomic E-state index is 0.285. The average Bonchev–Trinajstić information content (AvgIpc) is 3.19. The summed E-state index contributed by atoms with van der Waals surface area (Å²) < 4.78 is 0. The van der Waals surface area contributed by atoms with Gasteiger partial charge in [-0.2, -0.15) is 0 Å². The third-order valence-corrected chi connectivity index (χ3v) is 4.75. The van der Waals surface area contributed by atoms with Gasteiger partial charge in [0.1, 0.15) is 0 Å². The Balaban J connectivity index is 1.48. The van der Waals surface area contributed by atoms with Crippen molar-refractivity contribution in [3.8, 4) is 0 Å².